The predicted molar refractivity (Wildman–Crippen MR) is 176 cm³/mol. The fourth-order valence-electron chi connectivity index (χ4n) is 5.82. The van der Waals surface area contributed by atoms with Gasteiger partial charge in [-0.3, -0.25) is 0 Å². The van der Waals surface area contributed by atoms with Crippen molar-refractivity contribution in [3.8, 4) is 39.3 Å². The van der Waals surface area contributed by atoms with E-state index in [0.29, 0.717) is 28.7 Å². The van der Waals surface area contributed by atoms with Gasteiger partial charge in [-0.05, 0) is 74.2 Å². The second-order valence-electron chi connectivity index (χ2n) is 11.1. The van der Waals surface area contributed by atoms with E-state index in [4.69, 9.17) is 6.57 Å². The lowest BCUT2D eigenvalue weighted by molar-refractivity contribution is 0.929. The lowest BCUT2D eigenvalue weighted by Crippen LogP contribution is -2.00. The first kappa shape index (κ1) is 26.3. The van der Waals surface area contributed by atoms with Gasteiger partial charge in [0.1, 0.15) is 11.6 Å². The van der Waals surface area contributed by atoms with Gasteiger partial charge < -0.3 is 4.57 Å². The average molecular weight is 556 g/mol. The standard InChI is InChI=1S/C38H29N5/c1-23-6-10-27(11-7-23)29-14-17-32-33-18-15-30(28-12-8-24(2)9-13-28)21-37(33)43(36(32)20-29)31-16-19-34(35(22-31)39-5)38-41-25(3)40-26(4)42-38/h6-22H,1-4H3. The van der Waals surface area contributed by atoms with E-state index in [1.165, 1.54) is 33.0 Å². The van der Waals surface area contributed by atoms with Gasteiger partial charge in [-0.15, -0.1) is 0 Å². The molecule has 0 saturated carbocycles. The molecule has 0 spiro atoms. The lowest BCUT2D eigenvalue weighted by atomic mass is 10.0. The van der Waals surface area contributed by atoms with Crippen LogP contribution in [0.3, 0.4) is 0 Å². The van der Waals surface area contributed by atoms with Crippen LogP contribution in [-0.2, 0) is 0 Å². The minimum Gasteiger partial charge on any atom is -0.310 e. The molecular weight excluding hydrogens is 526 g/mol. The van der Waals surface area contributed by atoms with E-state index >= 15 is 0 Å². The molecule has 0 aliphatic heterocycles. The summed E-state index contributed by atoms with van der Waals surface area (Å²) in [4.78, 5) is 17.3. The Morgan fingerprint density at radius 1 is 0.535 bits per heavy atom. The molecule has 0 radical (unpaired) electrons. The fourth-order valence-corrected chi connectivity index (χ4v) is 5.82. The summed E-state index contributed by atoms with van der Waals surface area (Å²) in [6, 6.07) is 36.6. The molecule has 206 valence electrons. The minimum atomic E-state index is 0.502. The van der Waals surface area contributed by atoms with Crippen molar-refractivity contribution < 1.29 is 0 Å². The van der Waals surface area contributed by atoms with E-state index in [-0.39, 0.29) is 0 Å². The predicted octanol–water partition coefficient (Wildman–Crippen LogP) is 9.75. The zero-order valence-corrected chi connectivity index (χ0v) is 24.6. The number of benzene rings is 5. The summed E-state index contributed by atoms with van der Waals surface area (Å²) < 4.78 is 2.28. The maximum atomic E-state index is 8.06. The second-order valence-corrected chi connectivity index (χ2v) is 11.1. The highest BCUT2D eigenvalue weighted by Gasteiger charge is 2.17. The van der Waals surface area contributed by atoms with Crippen LogP contribution in [0, 0.1) is 34.3 Å². The molecule has 0 fully saturated rings. The van der Waals surface area contributed by atoms with Gasteiger partial charge in [-0.1, -0.05) is 90.0 Å². The molecule has 5 nitrogen and oxygen atoms in total. The molecule has 0 aliphatic carbocycles. The number of aromatic nitrogens is 4. The van der Waals surface area contributed by atoms with Crippen molar-refractivity contribution in [1.82, 2.24) is 19.5 Å². The lowest BCUT2D eigenvalue weighted by Gasteiger charge is -2.12. The summed E-state index contributed by atoms with van der Waals surface area (Å²) in [6.07, 6.45) is 0. The third-order valence-corrected chi connectivity index (χ3v) is 8.00. The van der Waals surface area contributed by atoms with E-state index in [0.717, 1.165) is 27.8 Å². The van der Waals surface area contributed by atoms with Crippen molar-refractivity contribution in [2.75, 3.05) is 0 Å². The van der Waals surface area contributed by atoms with E-state index in [1.807, 2.05) is 26.0 Å². The zero-order chi connectivity index (χ0) is 29.7. The zero-order valence-electron chi connectivity index (χ0n) is 24.6. The number of nitrogens with zero attached hydrogens (tertiary/aromatic N) is 5. The summed E-state index contributed by atoms with van der Waals surface area (Å²) >= 11 is 0. The van der Waals surface area contributed by atoms with E-state index in [2.05, 4.69) is 129 Å². The summed E-state index contributed by atoms with van der Waals surface area (Å²) in [5.41, 5.74) is 11.4. The smallest absolute Gasteiger partial charge is 0.200 e. The number of hydrogen-bond donors (Lipinski definition) is 0. The Hall–Kier alpha value is -5.60. The third-order valence-electron chi connectivity index (χ3n) is 8.00. The monoisotopic (exact) mass is 555 g/mol. The Balaban J connectivity index is 1.49. The average Bonchev–Trinajstić information content (AvgIpc) is 3.34. The van der Waals surface area contributed by atoms with E-state index in [9.17, 15) is 0 Å². The van der Waals surface area contributed by atoms with Gasteiger partial charge in [0, 0.05) is 22.0 Å². The van der Waals surface area contributed by atoms with Gasteiger partial charge in [0.05, 0.1) is 17.6 Å². The highest BCUT2D eigenvalue weighted by molar-refractivity contribution is 6.11. The number of aryl methyl sites for hydroxylation is 4. The van der Waals surface area contributed by atoms with Crippen molar-refractivity contribution in [3.63, 3.8) is 0 Å². The van der Waals surface area contributed by atoms with Crippen molar-refractivity contribution in [3.05, 3.63) is 137 Å². The van der Waals surface area contributed by atoms with Crippen LogP contribution in [0.2, 0.25) is 0 Å². The summed E-state index contributed by atoms with van der Waals surface area (Å²) in [7, 11) is 0. The fraction of sp³-hybridized carbons (Fsp3) is 0.105. The first-order valence-electron chi connectivity index (χ1n) is 14.3. The van der Waals surface area contributed by atoms with Crippen molar-refractivity contribution >= 4 is 27.5 Å². The molecule has 2 heterocycles. The van der Waals surface area contributed by atoms with Crippen LogP contribution in [0.5, 0.6) is 0 Å². The molecule has 0 atom stereocenters. The quantitative estimate of drug-likeness (QED) is 0.203. The molecule has 0 N–H and O–H groups in total. The molecule has 5 aromatic carbocycles. The SMILES string of the molecule is [C-]#[N+]c1cc(-n2c3cc(-c4ccc(C)cc4)ccc3c3ccc(-c4ccc(C)cc4)cc32)ccc1-c1nc(C)nc(C)n1. The summed E-state index contributed by atoms with van der Waals surface area (Å²) in [5, 5.41) is 2.33. The summed E-state index contributed by atoms with van der Waals surface area (Å²) in [5.74, 6) is 1.79. The van der Waals surface area contributed by atoms with Gasteiger partial charge in [0.25, 0.3) is 0 Å². The number of fused-ring (bicyclic) bond motifs is 3. The molecule has 0 saturated heterocycles. The van der Waals surface area contributed by atoms with Crippen LogP contribution in [-0.4, -0.2) is 19.5 Å². The van der Waals surface area contributed by atoms with Gasteiger partial charge >= 0.3 is 0 Å². The highest BCUT2D eigenvalue weighted by atomic mass is 15.0. The van der Waals surface area contributed by atoms with E-state index in [1.54, 1.807) is 0 Å². The number of hydrogen-bond acceptors (Lipinski definition) is 3. The van der Waals surface area contributed by atoms with Gasteiger partial charge in [-0.2, -0.15) is 0 Å². The Kier molecular flexibility index (Phi) is 6.33. The van der Waals surface area contributed by atoms with Crippen LogP contribution in [0.15, 0.2) is 103 Å². The van der Waals surface area contributed by atoms with E-state index < -0.39 is 0 Å². The van der Waals surface area contributed by atoms with Gasteiger partial charge in [-0.25, -0.2) is 19.8 Å². The first-order chi connectivity index (χ1) is 20.9. The number of rotatable bonds is 4. The molecule has 43 heavy (non-hydrogen) atoms. The van der Waals surface area contributed by atoms with Crippen molar-refractivity contribution in [2.45, 2.75) is 27.7 Å². The first-order valence-corrected chi connectivity index (χ1v) is 14.3. The molecule has 0 unspecified atom stereocenters. The van der Waals surface area contributed by atoms with Crippen LogP contribution < -0.4 is 0 Å². The Bertz CT molecular complexity index is 2090. The molecule has 2 aromatic heterocycles. The van der Waals surface area contributed by atoms with Crippen molar-refractivity contribution in [1.29, 1.82) is 0 Å². The topological polar surface area (TPSA) is 48.0 Å². The largest absolute Gasteiger partial charge is 0.310 e. The highest BCUT2D eigenvalue weighted by Crippen LogP contribution is 2.39. The van der Waals surface area contributed by atoms with Crippen molar-refractivity contribution in [2.24, 2.45) is 0 Å². The maximum Gasteiger partial charge on any atom is 0.200 e. The van der Waals surface area contributed by atoms with Crippen LogP contribution in [0.1, 0.15) is 22.8 Å². The minimum absolute atomic E-state index is 0.502. The third kappa shape index (κ3) is 4.73. The van der Waals surface area contributed by atoms with Gasteiger partial charge in [0.15, 0.2) is 11.5 Å². The molecule has 0 aliphatic rings. The Morgan fingerprint density at radius 3 is 1.51 bits per heavy atom. The Labute approximate surface area is 251 Å². The summed E-state index contributed by atoms with van der Waals surface area (Å²) in [6.45, 7) is 16.0. The van der Waals surface area contributed by atoms with Crippen LogP contribution in [0.4, 0.5) is 5.69 Å². The maximum absolute atomic E-state index is 8.06. The normalized spacial score (nSPS) is 11.2. The molecule has 0 bridgehead atoms. The molecule has 7 aromatic rings. The molecular formula is C38H29N5. The molecule has 7 rings (SSSR count). The van der Waals surface area contributed by atoms with Crippen LogP contribution in [0.25, 0.3) is 66.0 Å². The van der Waals surface area contributed by atoms with Gasteiger partial charge in [0.2, 0.25) is 0 Å². The molecule has 5 heteroatoms. The second kappa shape index (κ2) is 10.3. The van der Waals surface area contributed by atoms with Crippen LogP contribution >= 0.6 is 0 Å². The Morgan fingerprint density at radius 2 is 1.02 bits per heavy atom. The molecule has 0 amide bonds.